The van der Waals surface area contributed by atoms with E-state index in [-0.39, 0.29) is 17.1 Å². The van der Waals surface area contributed by atoms with Crippen LogP contribution in [0.15, 0.2) is 36.4 Å². The number of benzene rings is 2. The van der Waals surface area contributed by atoms with Crippen LogP contribution in [0.25, 0.3) is 0 Å². The van der Waals surface area contributed by atoms with Crippen LogP contribution < -0.4 is 14.8 Å². The van der Waals surface area contributed by atoms with Gasteiger partial charge in [-0.05, 0) is 43.2 Å². The van der Waals surface area contributed by atoms with E-state index in [0.717, 1.165) is 11.6 Å². The van der Waals surface area contributed by atoms with Gasteiger partial charge in [0, 0.05) is 11.4 Å². The second kappa shape index (κ2) is 9.94. The number of carbonyl (C=O) groups excluding carboxylic acids is 2. The molecule has 0 saturated heterocycles. The number of carbonyl (C=O) groups is 2. The Balaban J connectivity index is 1.91. The SMILES string of the molecule is COc1cccc(CCC(=O)O[C@@H](C)C(=O)Nc2ccc(Cl)cc2F)c1OC. The highest BCUT2D eigenvalue weighted by Crippen LogP contribution is 2.31. The van der Waals surface area contributed by atoms with Gasteiger partial charge in [0.2, 0.25) is 0 Å². The Bertz CT molecular complexity index is 858. The van der Waals surface area contributed by atoms with Crippen molar-refractivity contribution in [2.75, 3.05) is 19.5 Å². The summed E-state index contributed by atoms with van der Waals surface area (Å²) in [6, 6.07) is 9.21. The summed E-state index contributed by atoms with van der Waals surface area (Å²) in [6.45, 7) is 1.41. The standard InChI is InChI=1S/C20H21ClFNO5/c1-12(20(25)23-16-9-8-14(21)11-15(16)22)28-18(24)10-7-13-5-4-6-17(26-2)19(13)27-3/h4-6,8-9,11-12H,7,10H2,1-3H3,(H,23,25)/t12-/m0/s1. The number of nitrogens with one attached hydrogen (secondary N) is 1. The molecule has 0 bridgehead atoms. The fourth-order valence-corrected chi connectivity index (χ4v) is 2.68. The van der Waals surface area contributed by atoms with Crippen molar-refractivity contribution in [3.8, 4) is 11.5 Å². The Morgan fingerprint density at radius 1 is 1.18 bits per heavy atom. The third kappa shape index (κ3) is 5.60. The van der Waals surface area contributed by atoms with Gasteiger partial charge in [-0.3, -0.25) is 9.59 Å². The average molecular weight is 410 g/mol. The minimum absolute atomic E-state index is 0.0381. The van der Waals surface area contributed by atoms with Gasteiger partial charge < -0.3 is 19.5 Å². The highest BCUT2D eigenvalue weighted by atomic mass is 35.5. The van der Waals surface area contributed by atoms with Gasteiger partial charge in [-0.1, -0.05) is 23.7 Å². The van der Waals surface area contributed by atoms with E-state index < -0.39 is 23.8 Å². The zero-order valence-corrected chi connectivity index (χ0v) is 16.5. The van der Waals surface area contributed by atoms with Crippen molar-refractivity contribution < 1.29 is 28.2 Å². The third-order valence-electron chi connectivity index (χ3n) is 3.95. The van der Waals surface area contributed by atoms with Crippen molar-refractivity contribution in [2.45, 2.75) is 25.9 Å². The van der Waals surface area contributed by atoms with Crippen LogP contribution >= 0.6 is 11.6 Å². The lowest BCUT2D eigenvalue weighted by atomic mass is 10.1. The number of hydrogen-bond acceptors (Lipinski definition) is 5. The first kappa shape index (κ1) is 21.5. The number of para-hydroxylation sites is 1. The Labute approximate surface area is 167 Å². The summed E-state index contributed by atoms with van der Waals surface area (Å²) < 4.78 is 29.4. The zero-order valence-electron chi connectivity index (χ0n) is 15.8. The number of hydrogen-bond donors (Lipinski definition) is 1. The van der Waals surface area contributed by atoms with E-state index in [4.69, 9.17) is 25.8 Å². The molecule has 0 unspecified atom stereocenters. The van der Waals surface area contributed by atoms with Crippen molar-refractivity contribution >= 4 is 29.2 Å². The Kier molecular flexibility index (Phi) is 7.63. The molecule has 0 heterocycles. The molecule has 0 aliphatic rings. The summed E-state index contributed by atoms with van der Waals surface area (Å²) in [5.74, 6) is -0.782. The molecule has 2 aromatic carbocycles. The summed E-state index contributed by atoms with van der Waals surface area (Å²) in [5.41, 5.74) is 0.734. The quantitative estimate of drug-likeness (QED) is 0.667. The van der Waals surface area contributed by atoms with E-state index in [9.17, 15) is 14.0 Å². The van der Waals surface area contributed by atoms with Gasteiger partial charge >= 0.3 is 5.97 Å². The van der Waals surface area contributed by atoms with Crippen LogP contribution in [0.3, 0.4) is 0 Å². The van der Waals surface area contributed by atoms with Crippen LogP contribution in [0.4, 0.5) is 10.1 Å². The summed E-state index contributed by atoms with van der Waals surface area (Å²) in [5, 5.41) is 2.57. The second-order valence-corrected chi connectivity index (χ2v) is 6.33. The minimum atomic E-state index is -1.09. The fraction of sp³-hybridized carbons (Fsp3) is 0.300. The molecule has 8 heteroatoms. The van der Waals surface area contributed by atoms with Gasteiger partial charge in [-0.2, -0.15) is 0 Å². The van der Waals surface area contributed by atoms with Crippen molar-refractivity contribution in [1.82, 2.24) is 0 Å². The van der Waals surface area contributed by atoms with Gasteiger partial charge in [0.1, 0.15) is 5.82 Å². The lowest BCUT2D eigenvalue weighted by molar-refractivity contribution is -0.153. The number of esters is 1. The first-order valence-electron chi connectivity index (χ1n) is 8.51. The molecule has 0 aromatic heterocycles. The number of rotatable bonds is 8. The van der Waals surface area contributed by atoms with Crippen LogP contribution in [0.2, 0.25) is 5.02 Å². The molecule has 1 amide bonds. The molecular weight excluding hydrogens is 389 g/mol. The molecule has 0 fully saturated rings. The molecule has 0 aliphatic heterocycles. The first-order valence-corrected chi connectivity index (χ1v) is 8.88. The monoisotopic (exact) mass is 409 g/mol. The summed E-state index contributed by atoms with van der Waals surface area (Å²) in [4.78, 5) is 24.2. The Morgan fingerprint density at radius 3 is 2.57 bits per heavy atom. The van der Waals surface area contributed by atoms with E-state index in [1.165, 1.54) is 33.3 Å². The molecule has 0 aliphatic carbocycles. The van der Waals surface area contributed by atoms with E-state index >= 15 is 0 Å². The maximum atomic E-state index is 13.7. The van der Waals surface area contributed by atoms with E-state index in [0.29, 0.717) is 17.9 Å². The summed E-state index contributed by atoms with van der Waals surface area (Å²) in [6.07, 6.45) is -0.703. The van der Waals surface area contributed by atoms with Gasteiger partial charge in [0.15, 0.2) is 17.6 Å². The largest absolute Gasteiger partial charge is 0.493 e. The van der Waals surface area contributed by atoms with Crippen LogP contribution in [-0.2, 0) is 20.7 Å². The summed E-state index contributed by atoms with van der Waals surface area (Å²) in [7, 11) is 3.04. The van der Waals surface area contributed by atoms with Crippen molar-refractivity contribution in [3.63, 3.8) is 0 Å². The lowest BCUT2D eigenvalue weighted by Crippen LogP contribution is -2.30. The van der Waals surface area contributed by atoms with Gasteiger partial charge in [0.25, 0.3) is 5.91 Å². The van der Waals surface area contributed by atoms with E-state index in [1.54, 1.807) is 12.1 Å². The maximum absolute atomic E-state index is 13.7. The molecular formula is C20H21ClFNO5. The number of aryl methyl sites for hydroxylation is 1. The molecule has 1 atom stereocenters. The number of amides is 1. The van der Waals surface area contributed by atoms with E-state index in [2.05, 4.69) is 5.32 Å². The smallest absolute Gasteiger partial charge is 0.306 e. The zero-order chi connectivity index (χ0) is 20.7. The van der Waals surface area contributed by atoms with Gasteiger partial charge in [0.05, 0.1) is 19.9 Å². The highest BCUT2D eigenvalue weighted by molar-refractivity contribution is 6.30. The van der Waals surface area contributed by atoms with E-state index in [1.807, 2.05) is 6.07 Å². The maximum Gasteiger partial charge on any atom is 0.306 e. The van der Waals surface area contributed by atoms with Crippen LogP contribution in [0.1, 0.15) is 18.9 Å². The average Bonchev–Trinajstić information content (AvgIpc) is 2.67. The van der Waals surface area contributed by atoms with Crippen LogP contribution in [0, 0.1) is 5.82 Å². The molecule has 28 heavy (non-hydrogen) atoms. The molecule has 0 spiro atoms. The number of halogens is 2. The molecule has 6 nitrogen and oxygen atoms in total. The summed E-state index contributed by atoms with van der Waals surface area (Å²) >= 11 is 5.67. The van der Waals surface area contributed by atoms with Crippen LogP contribution in [-0.4, -0.2) is 32.2 Å². The Hall–Kier alpha value is -2.80. The van der Waals surface area contributed by atoms with Crippen molar-refractivity contribution in [2.24, 2.45) is 0 Å². The number of anilines is 1. The van der Waals surface area contributed by atoms with Crippen molar-refractivity contribution in [1.29, 1.82) is 0 Å². The van der Waals surface area contributed by atoms with Gasteiger partial charge in [-0.15, -0.1) is 0 Å². The van der Waals surface area contributed by atoms with Crippen molar-refractivity contribution in [3.05, 3.63) is 52.8 Å². The third-order valence-corrected chi connectivity index (χ3v) is 4.18. The second-order valence-electron chi connectivity index (χ2n) is 5.90. The predicted molar refractivity (Wildman–Crippen MR) is 103 cm³/mol. The molecule has 0 radical (unpaired) electrons. The highest BCUT2D eigenvalue weighted by Gasteiger charge is 2.20. The molecule has 2 aromatic rings. The van der Waals surface area contributed by atoms with Crippen LogP contribution in [0.5, 0.6) is 11.5 Å². The number of ether oxygens (including phenoxy) is 3. The topological polar surface area (TPSA) is 73.9 Å². The minimum Gasteiger partial charge on any atom is -0.493 e. The number of methoxy groups -OCH3 is 2. The Morgan fingerprint density at radius 2 is 1.93 bits per heavy atom. The molecule has 1 N–H and O–H groups in total. The lowest BCUT2D eigenvalue weighted by Gasteiger charge is -2.15. The molecule has 0 saturated carbocycles. The normalized spacial score (nSPS) is 11.5. The van der Waals surface area contributed by atoms with Gasteiger partial charge in [-0.25, -0.2) is 4.39 Å². The predicted octanol–water partition coefficient (Wildman–Crippen LogP) is 4.00. The first-order chi connectivity index (χ1) is 13.3. The molecule has 150 valence electrons. The molecule has 2 rings (SSSR count). The fourth-order valence-electron chi connectivity index (χ4n) is 2.52.